The van der Waals surface area contributed by atoms with Gasteiger partial charge in [-0.25, -0.2) is 0 Å². The Bertz CT molecular complexity index is 610. The lowest BCUT2D eigenvalue weighted by Crippen LogP contribution is -2.27. The molecule has 20 heavy (non-hydrogen) atoms. The van der Waals surface area contributed by atoms with Crippen LogP contribution in [0.5, 0.6) is 0 Å². The SMILES string of the molecule is Cc1ccc(Cl)cc1NC(=O)CNCc1sccc1C. The molecule has 2 rings (SSSR count). The number of halogens is 1. The van der Waals surface area contributed by atoms with Crippen LogP contribution in [0, 0.1) is 13.8 Å². The van der Waals surface area contributed by atoms with Crippen molar-refractivity contribution in [3.8, 4) is 0 Å². The van der Waals surface area contributed by atoms with Crippen LogP contribution in [0.25, 0.3) is 0 Å². The Balaban J connectivity index is 1.84. The predicted molar refractivity (Wildman–Crippen MR) is 85.6 cm³/mol. The van der Waals surface area contributed by atoms with E-state index in [1.807, 2.05) is 19.1 Å². The number of aryl methyl sites for hydroxylation is 2. The zero-order valence-corrected chi connectivity index (χ0v) is 13.1. The molecule has 0 aliphatic rings. The van der Waals surface area contributed by atoms with Crippen LogP contribution in [0.1, 0.15) is 16.0 Å². The molecule has 0 spiro atoms. The van der Waals surface area contributed by atoms with Crippen molar-refractivity contribution in [2.24, 2.45) is 0 Å². The number of carbonyl (C=O) groups excluding carboxylic acids is 1. The minimum atomic E-state index is -0.0652. The topological polar surface area (TPSA) is 41.1 Å². The maximum absolute atomic E-state index is 11.9. The van der Waals surface area contributed by atoms with Gasteiger partial charge in [0.25, 0.3) is 0 Å². The Morgan fingerprint density at radius 1 is 1.25 bits per heavy atom. The molecule has 1 aromatic heterocycles. The third kappa shape index (κ3) is 4.07. The van der Waals surface area contributed by atoms with Gasteiger partial charge in [0.15, 0.2) is 0 Å². The first-order valence-corrected chi connectivity index (χ1v) is 7.61. The molecular formula is C15H17ClN2OS. The summed E-state index contributed by atoms with van der Waals surface area (Å²) >= 11 is 7.62. The number of hydrogen-bond donors (Lipinski definition) is 2. The van der Waals surface area contributed by atoms with E-state index in [1.54, 1.807) is 17.4 Å². The summed E-state index contributed by atoms with van der Waals surface area (Å²) in [6.07, 6.45) is 0. The molecule has 1 amide bonds. The highest BCUT2D eigenvalue weighted by atomic mass is 35.5. The third-order valence-electron chi connectivity index (χ3n) is 3.01. The number of anilines is 1. The lowest BCUT2D eigenvalue weighted by atomic mass is 10.2. The lowest BCUT2D eigenvalue weighted by molar-refractivity contribution is -0.115. The molecule has 0 saturated heterocycles. The lowest BCUT2D eigenvalue weighted by Gasteiger charge is -2.09. The van der Waals surface area contributed by atoms with Gasteiger partial charge in [-0.3, -0.25) is 4.79 Å². The highest BCUT2D eigenvalue weighted by Gasteiger charge is 2.06. The van der Waals surface area contributed by atoms with E-state index >= 15 is 0 Å². The Hall–Kier alpha value is -1.36. The van der Waals surface area contributed by atoms with Crippen molar-refractivity contribution in [3.05, 3.63) is 50.7 Å². The molecule has 2 aromatic rings. The van der Waals surface area contributed by atoms with Crippen LogP contribution in [0.2, 0.25) is 5.02 Å². The maximum Gasteiger partial charge on any atom is 0.238 e. The Morgan fingerprint density at radius 3 is 2.75 bits per heavy atom. The van der Waals surface area contributed by atoms with Gasteiger partial charge in [-0.05, 0) is 48.6 Å². The molecule has 0 aliphatic carbocycles. The molecular weight excluding hydrogens is 292 g/mol. The molecule has 106 valence electrons. The fourth-order valence-corrected chi connectivity index (χ4v) is 2.85. The number of carbonyl (C=O) groups is 1. The largest absolute Gasteiger partial charge is 0.325 e. The summed E-state index contributed by atoms with van der Waals surface area (Å²) in [7, 11) is 0. The first-order valence-electron chi connectivity index (χ1n) is 6.36. The normalized spacial score (nSPS) is 10.6. The van der Waals surface area contributed by atoms with Crippen molar-refractivity contribution < 1.29 is 4.79 Å². The standard InChI is InChI=1S/C15H17ClN2OS/c1-10-3-4-12(16)7-13(10)18-15(19)9-17-8-14-11(2)5-6-20-14/h3-7,17H,8-9H2,1-2H3,(H,18,19). The number of amides is 1. The molecule has 0 saturated carbocycles. The van der Waals surface area contributed by atoms with Crippen LogP contribution in [0.3, 0.4) is 0 Å². The third-order valence-corrected chi connectivity index (χ3v) is 4.27. The van der Waals surface area contributed by atoms with Gasteiger partial charge in [0.1, 0.15) is 0 Å². The van der Waals surface area contributed by atoms with Gasteiger partial charge < -0.3 is 10.6 Å². The summed E-state index contributed by atoms with van der Waals surface area (Å²) in [5.41, 5.74) is 3.02. The van der Waals surface area contributed by atoms with E-state index in [1.165, 1.54) is 10.4 Å². The molecule has 5 heteroatoms. The average molecular weight is 309 g/mol. The van der Waals surface area contributed by atoms with Crippen LogP contribution in [0.4, 0.5) is 5.69 Å². The number of hydrogen-bond acceptors (Lipinski definition) is 3. The molecule has 0 atom stereocenters. The summed E-state index contributed by atoms with van der Waals surface area (Å²) in [5, 5.41) is 8.69. The Kier molecular flexibility index (Phi) is 5.17. The molecule has 0 radical (unpaired) electrons. The zero-order chi connectivity index (χ0) is 14.5. The van der Waals surface area contributed by atoms with E-state index in [2.05, 4.69) is 29.0 Å². The molecule has 0 bridgehead atoms. The van der Waals surface area contributed by atoms with Gasteiger partial charge in [0.2, 0.25) is 5.91 Å². The monoisotopic (exact) mass is 308 g/mol. The van der Waals surface area contributed by atoms with Gasteiger partial charge in [-0.1, -0.05) is 17.7 Å². The molecule has 2 N–H and O–H groups in total. The van der Waals surface area contributed by atoms with Crippen molar-refractivity contribution in [1.82, 2.24) is 5.32 Å². The second-order valence-electron chi connectivity index (χ2n) is 4.64. The minimum absolute atomic E-state index is 0.0652. The van der Waals surface area contributed by atoms with Gasteiger partial charge in [-0.15, -0.1) is 11.3 Å². The van der Waals surface area contributed by atoms with Crippen LogP contribution in [-0.4, -0.2) is 12.5 Å². The van der Waals surface area contributed by atoms with Gasteiger partial charge in [-0.2, -0.15) is 0 Å². The van der Waals surface area contributed by atoms with Crippen LogP contribution in [-0.2, 0) is 11.3 Å². The average Bonchev–Trinajstić information content (AvgIpc) is 2.80. The smallest absolute Gasteiger partial charge is 0.238 e. The van der Waals surface area contributed by atoms with Gasteiger partial charge in [0, 0.05) is 22.1 Å². The summed E-state index contributed by atoms with van der Waals surface area (Å²) < 4.78 is 0. The van der Waals surface area contributed by atoms with Crippen LogP contribution < -0.4 is 10.6 Å². The molecule has 1 heterocycles. The van der Waals surface area contributed by atoms with Crippen molar-refractivity contribution in [2.75, 3.05) is 11.9 Å². The van der Waals surface area contributed by atoms with E-state index < -0.39 is 0 Å². The molecule has 1 aromatic carbocycles. The quantitative estimate of drug-likeness (QED) is 0.883. The van der Waals surface area contributed by atoms with Crippen molar-refractivity contribution in [1.29, 1.82) is 0 Å². The van der Waals surface area contributed by atoms with Crippen LogP contribution in [0.15, 0.2) is 29.6 Å². The summed E-state index contributed by atoms with van der Waals surface area (Å²) in [6, 6.07) is 7.54. The van der Waals surface area contributed by atoms with E-state index in [9.17, 15) is 4.79 Å². The molecule has 0 unspecified atom stereocenters. The first-order chi connectivity index (χ1) is 9.56. The molecule has 3 nitrogen and oxygen atoms in total. The number of benzene rings is 1. The van der Waals surface area contributed by atoms with Gasteiger partial charge in [0.05, 0.1) is 6.54 Å². The summed E-state index contributed by atoms with van der Waals surface area (Å²) in [6.45, 7) is 5.01. The van der Waals surface area contributed by atoms with Gasteiger partial charge >= 0.3 is 0 Å². The second kappa shape index (κ2) is 6.88. The summed E-state index contributed by atoms with van der Waals surface area (Å²) in [4.78, 5) is 13.1. The molecule has 0 fully saturated rings. The fourth-order valence-electron chi connectivity index (χ4n) is 1.80. The Morgan fingerprint density at radius 2 is 2.05 bits per heavy atom. The second-order valence-corrected chi connectivity index (χ2v) is 6.07. The highest BCUT2D eigenvalue weighted by molar-refractivity contribution is 7.10. The van der Waals surface area contributed by atoms with E-state index in [0.29, 0.717) is 11.6 Å². The van der Waals surface area contributed by atoms with Crippen molar-refractivity contribution >= 4 is 34.5 Å². The highest BCUT2D eigenvalue weighted by Crippen LogP contribution is 2.20. The first kappa shape index (κ1) is 15.0. The number of nitrogens with one attached hydrogen (secondary N) is 2. The maximum atomic E-state index is 11.9. The van der Waals surface area contributed by atoms with Crippen molar-refractivity contribution in [3.63, 3.8) is 0 Å². The van der Waals surface area contributed by atoms with Crippen LogP contribution >= 0.6 is 22.9 Å². The van der Waals surface area contributed by atoms with E-state index in [4.69, 9.17) is 11.6 Å². The minimum Gasteiger partial charge on any atom is -0.325 e. The Labute approximate surface area is 128 Å². The molecule has 0 aliphatic heterocycles. The van der Waals surface area contributed by atoms with E-state index in [-0.39, 0.29) is 12.5 Å². The number of thiophene rings is 1. The zero-order valence-electron chi connectivity index (χ0n) is 11.5. The summed E-state index contributed by atoms with van der Waals surface area (Å²) in [5.74, 6) is -0.0652. The van der Waals surface area contributed by atoms with E-state index in [0.717, 1.165) is 11.3 Å². The fraction of sp³-hybridized carbons (Fsp3) is 0.267. The predicted octanol–water partition coefficient (Wildman–Crippen LogP) is 3.75. The van der Waals surface area contributed by atoms with Crippen molar-refractivity contribution in [2.45, 2.75) is 20.4 Å². The number of rotatable bonds is 5.